The van der Waals surface area contributed by atoms with E-state index in [-0.39, 0.29) is 10.8 Å². The smallest absolute Gasteiger partial charge is 0.149 e. The summed E-state index contributed by atoms with van der Waals surface area (Å²) < 4.78 is 15.1. The fraction of sp³-hybridized carbons (Fsp3) is 0.538. The minimum atomic E-state index is -0.322. The highest BCUT2D eigenvalue weighted by Crippen LogP contribution is 2.38. The number of nitrogens with zero attached hydrogens (tertiary/aromatic N) is 2. The van der Waals surface area contributed by atoms with Crippen molar-refractivity contribution in [3.8, 4) is 11.1 Å². The van der Waals surface area contributed by atoms with Crippen LogP contribution in [0.4, 0.5) is 4.39 Å². The predicted molar refractivity (Wildman–Crippen MR) is 125 cm³/mol. The largest absolute Gasteiger partial charge is 0.241 e. The van der Waals surface area contributed by atoms with Gasteiger partial charge < -0.3 is 0 Å². The van der Waals surface area contributed by atoms with Gasteiger partial charge in [-0.25, -0.2) is 14.4 Å². The lowest BCUT2D eigenvalue weighted by atomic mass is 9.83. The Labute approximate surface area is 186 Å². The quantitative estimate of drug-likeness (QED) is 0.355. The van der Waals surface area contributed by atoms with Gasteiger partial charge in [-0.1, -0.05) is 82.2 Å². The van der Waals surface area contributed by atoms with Crippen molar-refractivity contribution >= 4 is 17.2 Å². The molecule has 0 spiro atoms. The molecule has 2 nitrogen and oxygen atoms in total. The SMILES string of the molecule is CCCCCc1ncc(-c2ccc(C3=CCC(CCCCC)CC3)c(F)c2Cl)cn1. The second-order valence-electron chi connectivity index (χ2n) is 8.50. The summed E-state index contributed by atoms with van der Waals surface area (Å²) in [5.74, 6) is 1.25. The Morgan fingerprint density at radius 2 is 1.70 bits per heavy atom. The molecule has 0 saturated heterocycles. The van der Waals surface area contributed by atoms with E-state index >= 15 is 4.39 Å². The van der Waals surface area contributed by atoms with Crippen molar-refractivity contribution in [3.05, 3.63) is 52.8 Å². The zero-order valence-electron chi connectivity index (χ0n) is 18.4. The van der Waals surface area contributed by atoms with E-state index in [0.29, 0.717) is 11.1 Å². The van der Waals surface area contributed by atoms with Crippen LogP contribution in [0.25, 0.3) is 16.7 Å². The molecule has 0 fully saturated rings. The van der Waals surface area contributed by atoms with E-state index < -0.39 is 0 Å². The monoisotopic (exact) mass is 428 g/mol. The third-order valence-corrected chi connectivity index (χ3v) is 6.55. The van der Waals surface area contributed by atoms with E-state index in [1.165, 1.54) is 38.5 Å². The van der Waals surface area contributed by atoms with Gasteiger partial charge in [-0.15, -0.1) is 0 Å². The number of halogens is 2. The van der Waals surface area contributed by atoms with E-state index in [2.05, 4.69) is 29.9 Å². The summed E-state index contributed by atoms with van der Waals surface area (Å²) in [6.07, 6.45) is 18.3. The number of aromatic nitrogens is 2. The van der Waals surface area contributed by atoms with Gasteiger partial charge in [0, 0.05) is 35.5 Å². The number of rotatable bonds is 10. The molecule has 0 N–H and O–H groups in total. The van der Waals surface area contributed by atoms with Gasteiger partial charge in [-0.05, 0) is 37.2 Å². The second kappa shape index (κ2) is 11.6. The lowest BCUT2D eigenvalue weighted by Crippen LogP contribution is -2.06. The Hall–Kier alpha value is -1.74. The molecule has 0 radical (unpaired) electrons. The first kappa shape index (κ1) is 22.9. The summed E-state index contributed by atoms with van der Waals surface area (Å²) in [5, 5.41) is 0.167. The summed E-state index contributed by atoms with van der Waals surface area (Å²) >= 11 is 6.45. The van der Waals surface area contributed by atoms with Crippen LogP contribution in [-0.4, -0.2) is 9.97 Å². The highest BCUT2D eigenvalue weighted by atomic mass is 35.5. The van der Waals surface area contributed by atoms with Crippen molar-refractivity contribution in [1.82, 2.24) is 9.97 Å². The third-order valence-electron chi connectivity index (χ3n) is 6.18. The summed E-state index contributed by atoms with van der Waals surface area (Å²) in [6.45, 7) is 4.42. The van der Waals surface area contributed by atoms with E-state index in [4.69, 9.17) is 11.6 Å². The number of benzene rings is 1. The maximum absolute atomic E-state index is 15.1. The Bertz CT molecular complexity index is 845. The molecular weight excluding hydrogens is 395 g/mol. The molecule has 0 saturated carbocycles. The molecule has 162 valence electrons. The molecule has 1 unspecified atom stereocenters. The molecule has 1 aromatic carbocycles. The van der Waals surface area contributed by atoms with Crippen molar-refractivity contribution in [1.29, 1.82) is 0 Å². The van der Waals surface area contributed by atoms with Crippen LogP contribution in [0.15, 0.2) is 30.6 Å². The van der Waals surface area contributed by atoms with Gasteiger partial charge in [-0.3, -0.25) is 0 Å². The van der Waals surface area contributed by atoms with Crippen molar-refractivity contribution in [2.75, 3.05) is 0 Å². The van der Waals surface area contributed by atoms with Crippen LogP contribution in [0.3, 0.4) is 0 Å². The number of allylic oxidation sites excluding steroid dienone is 2. The first-order valence-electron chi connectivity index (χ1n) is 11.6. The minimum absolute atomic E-state index is 0.167. The fourth-order valence-electron chi connectivity index (χ4n) is 4.25. The predicted octanol–water partition coefficient (Wildman–Crippen LogP) is 8.43. The highest BCUT2D eigenvalue weighted by Gasteiger charge is 2.20. The van der Waals surface area contributed by atoms with Crippen molar-refractivity contribution in [2.45, 2.75) is 84.5 Å². The maximum atomic E-state index is 15.1. The van der Waals surface area contributed by atoms with Crippen LogP contribution in [0, 0.1) is 11.7 Å². The lowest BCUT2D eigenvalue weighted by Gasteiger charge is -2.23. The topological polar surface area (TPSA) is 25.8 Å². The van der Waals surface area contributed by atoms with Gasteiger partial charge in [0.2, 0.25) is 0 Å². The Morgan fingerprint density at radius 1 is 1.00 bits per heavy atom. The molecule has 2 aromatic rings. The highest BCUT2D eigenvalue weighted by molar-refractivity contribution is 6.33. The van der Waals surface area contributed by atoms with Gasteiger partial charge in [0.15, 0.2) is 0 Å². The van der Waals surface area contributed by atoms with Gasteiger partial charge in [0.05, 0.1) is 5.02 Å². The van der Waals surface area contributed by atoms with Crippen LogP contribution in [-0.2, 0) is 6.42 Å². The second-order valence-corrected chi connectivity index (χ2v) is 8.88. The van der Waals surface area contributed by atoms with Crippen molar-refractivity contribution < 1.29 is 4.39 Å². The molecule has 1 aliphatic carbocycles. The van der Waals surface area contributed by atoms with Gasteiger partial charge in [0.25, 0.3) is 0 Å². The molecule has 4 heteroatoms. The molecule has 30 heavy (non-hydrogen) atoms. The summed E-state index contributed by atoms with van der Waals surface area (Å²) in [7, 11) is 0. The van der Waals surface area contributed by atoms with Crippen molar-refractivity contribution in [3.63, 3.8) is 0 Å². The fourth-order valence-corrected chi connectivity index (χ4v) is 4.53. The summed E-state index contributed by atoms with van der Waals surface area (Å²) in [5.41, 5.74) is 3.16. The molecule has 1 atom stereocenters. The summed E-state index contributed by atoms with van der Waals surface area (Å²) in [6, 6.07) is 3.78. The molecule has 1 aliphatic rings. The lowest BCUT2D eigenvalue weighted by molar-refractivity contribution is 0.427. The Morgan fingerprint density at radius 3 is 2.37 bits per heavy atom. The van der Waals surface area contributed by atoms with Crippen molar-refractivity contribution in [2.24, 2.45) is 5.92 Å². The van der Waals surface area contributed by atoms with E-state index in [1.54, 1.807) is 12.4 Å². The standard InChI is InChI=1S/C26H34ClFN2/c1-3-5-7-9-19-11-13-20(14-12-19)23-16-15-22(25(27)26(23)28)21-17-29-24(30-18-21)10-8-6-4-2/h13,15-19H,3-12,14H2,1-2H3. The average molecular weight is 429 g/mol. The maximum Gasteiger partial charge on any atom is 0.149 e. The number of hydrogen-bond donors (Lipinski definition) is 0. The summed E-state index contributed by atoms with van der Waals surface area (Å²) in [4.78, 5) is 8.89. The molecule has 0 amide bonds. The normalized spacial score (nSPS) is 16.5. The third kappa shape index (κ3) is 5.91. The molecule has 1 heterocycles. The first-order valence-corrected chi connectivity index (χ1v) is 12.0. The Balaban J connectivity index is 1.70. The number of aryl methyl sites for hydroxylation is 1. The van der Waals surface area contributed by atoms with Gasteiger partial charge >= 0.3 is 0 Å². The molecule has 0 aliphatic heterocycles. The van der Waals surface area contributed by atoms with Crippen LogP contribution < -0.4 is 0 Å². The molecule has 0 bridgehead atoms. The van der Waals surface area contributed by atoms with E-state index in [1.807, 2.05) is 12.1 Å². The van der Waals surface area contributed by atoms with Gasteiger partial charge in [-0.2, -0.15) is 0 Å². The number of unbranched alkanes of at least 4 members (excludes halogenated alkanes) is 4. The van der Waals surface area contributed by atoms with Crippen LogP contribution >= 0.6 is 11.6 Å². The van der Waals surface area contributed by atoms with E-state index in [9.17, 15) is 0 Å². The molecule has 1 aromatic heterocycles. The zero-order valence-corrected chi connectivity index (χ0v) is 19.1. The average Bonchev–Trinajstić information content (AvgIpc) is 2.77. The molecule has 3 rings (SSSR count). The zero-order chi connectivity index (χ0) is 21.3. The number of hydrogen-bond acceptors (Lipinski definition) is 2. The van der Waals surface area contributed by atoms with Crippen LogP contribution in [0.2, 0.25) is 5.02 Å². The van der Waals surface area contributed by atoms with Gasteiger partial charge in [0.1, 0.15) is 11.6 Å². The van der Waals surface area contributed by atoms with Crippen LogP contribution in [0.1, 0.15) is 89.4 Å². The Kier molecular flexibility index (Phi) is 8.87. The van der Waals surface area contributed by atoms with E-state index in [0.717, 1.165) is 55.0 Å². The van der Waals surface area contributed by atoms with Crippen LogP contribution in [0.5, 0.6) is 0 Å². The first-order chi connectivity index (χ1) is 14.6. The molecular formula is C26H34ClFN2. The minimum Gasteiger partial charge on any atom is -0.241 e.